The Morgan fingerprint density at radius 2 is 1.04 bits per heavy atom. The Bertz CT molecular complexity index is 2430. The number of aliphatic hydroxyl groups excluding tert-OH is 2. The summed E-state index contributed by atoms with van der Waals surface area (Å²) >= 11 is 0. The number of carbonyl (C=O) groups excluding carboxylic acids is 2. The summed E-state index contributed by atoms with van der Waals surface area (Å²) in [6.07, 6.45) is 24.5. The van der Waals surface area contributed by atoms with Crippen LogP contribution in [0.1, 0.15) is 153 Å². The van der Waals surface area contributed by atoms with Crippen molar-refractivity contribution in [1.82, 2.24) is 0 Å². The molecule has 14 nitrogen and oxygen atoms in total. The van der Waals surface area contributed by atoms with Gasteiger partial charge < -0.3 is 58.3 Å². The van der Waals surface area contributed by atoms with Gasteiger partial charge in [0.05, 0.1) is 37.6 Å². The highest BCUT2D eigenvalue weighted by Crippen LogP contribution is 2.50. The first-order valence-electron chi connectivity index (χ1n) is 29.1. The number of aliphatic hydroxyl groups is 4. The largest absolute Gasteiger partial charge is 0.462 e. The zero-order valence-corrected chi connectivity index (χ0v) is 47.5. The summed E-state index contributed by atoms with van der Waals surface area (Å²) in [5, 5.41) is 45.7. The third kappa shape index (κ3) is 12.1. The van der Waals surface area contributed by atoms with Crippen LogP contribution in [0.2, 0.25) is 0 Å². The Labute approximate surface area is 457 Å². The van der Waals surface area contributed by atoms with Crippen molar-refractivity contribution in [2.24, 2.45) is 35.5 Å². The van der Waals surface area contributed by atoms with Crippen LogP contribution in [0.4, 0.5) is 0 Å². The summed E-state index contributed by atoms with van der Waals surface area (Å²) in [6, 6.07) is 0. The van der Waals surface area contributed by atoms with Crippen LogP contribution in [0.3, 0.4) is 0 Å². The molecule has 0 aromatic carbocycles. The molecule has 0 unspecified atom stereocenters. The quantitative estimate of drug-likeness (QED) is 0.144. The van der Waals surface area contributed by atoms with E-state index in [0.29, 0.717) is 71.6 Å². The number of esters is 2. The van der Waals surface area contributed by atoms with Gasteiger partial charge in [0.15, 0.2) is 11.6 Å². The number of fused-ring (bicyclic) bond motifs is 4. The van der Waals surface area contributed by atoms with E-state index in [2.05, 4.69) is 79.7 Å². The summed E-state index contributed by atoms with van der Waals surface area (Å²) in [5.74, 6) is -3.05. The number of rotatable bonds is 1. The molecule has 77 heavy (non-hydrogen) atoms. The molecule has 10 aliphatic rings. The van der Waals surface area contributed by atoms with Gasteiger partial charge in [0.2, 0.25) is 0 Å². The van der Waals surface area contributed by atoms with Crippen molar-refractivity contribution in [1.29, 1.82) is 0 Å². The van der Waals surface area contributed by atoms with Gasteiger partial charge in [-0.2, -0.15) is 0 Å². The maximum atomic E-state index is 13.9. The lowest BCUT2D eigenvalue weighted by Gasteiger charge is -2.50. The lowest BCUT2D eigenvalue weighted by atomic mass is 9.71. The molecule has 2 spiro atoms. The van der Waals surface area contributed by atoms with E-state index in [1.54, 1.807) is 26.0 Å². The minimum Gasteiger partial charge on any atom is -0.462 e. The monoisotopic (exact) mass is 1070 g/mol. The third-order valence-corrected chi connectivity index (χ3v) is 18.8. The number of ether oxygens (including phenoxy) is 8. The molecule has 0 amide bonds. The molecule has 6 fully saturated rings. The second-order valence-electron chi connectivity index (χ2n) is 25.1. The summed E-state index contributed by atoms with van der Waals surface area (Å²) in [7, 11) is 0. The molecule has 426 valence electrons. The van der Waals surface area contributed by atoms with Gasteiger partial charge in [0.25, 0.3) is 0 Å². The van der Waals surface area contributed by atoms with Gasteiger partial charge in [-0.15, -0.1) is 0 Å². The van der Waals surface area contributed by atoms with Gasteiger partial charge in [-0.25, -0.2) is 0 Å². The molecule has 4 bridgehead atoms. The Hall–Kier alpha value is -3.54. The molecule has 0 saturated carbocycles. The molecule has 0 radical (unpaired) electrons. The average molecular weight is 1070 g/mol. The van der Waals surface area contributed by atoms with Crippen molar-refractivity contribution < 1.29 is 67.9 Å². The van der Waals surface area contributed by atoms with E-state index in [4.69, 9.17) is 37.9 Å². The Morgan fingerprint density at radius 3 is 1.48 bits per heavy atom. The van der Waals surface area contributed by atoms with Crippen molar-refractivity contribution in [3.8, 4) is 0 Å². The number of carbonyl (C=O) groups is 2. The van der Waals surface area contributed by atoms with Gasteiger partial charge in [-0.1, -0.05) is 107 Å². The fourth-order valence-corrected chi connectivity index (χ4v) is 14.1. The maximum absolute atomic E-state index is 13.9. The zero-order valence-electron chi connectivity index (χ0n) is 47.5. The fraction of sp³-hybridized carbons (Fsp3) is 0.714. The molecule has 4 N–H and O–H groups in total. The van der Waals surface area contributed by atoms with Crippen LogP contribution in [-0.4, -0.2) is 129 Å². The lowest BCUT2D eigenvalue weighted by molar-refractivity contribution is -0.335. The van der Waals surface area contributed by atoms with E-state index < -0.39 is 83.2 Å². The number of hydrogen-bond acceptors (Lipinski definition) is 14. The second-order valence-corrected chi connectivity index (χ2v) is 25.1. The van der Waals surface area contributed by atoms with Crippen LogP contribution in [0.25, 0.3) is 0 Å². The smallest absolute Gasteiger partial charge is 0.316 e. The van der Waals surface area contributed by atoms with Gasteiger partial charge in [0.1, 0.15) is 59.7 Å². The molecule has 2 aliphatic carbocycles. The average Bonchev–Trinajstić information content (AvgIpc) is 4.11. The number of hydrogen-bond donors (Lipinski definition) is 4. The summed E-state index contributed by atoms with van der Waals surface area (Å²) in [6.45, 7) is 21.1. The van der Waals surface area contributed by atoms with E-state index in [-0.39, 0.29) is 37.6 Å². The van der Waals surface area contributed by atoms with Crippen molar-refractivity contribution in [2.45, 2.75) is 237 Å². The summed E-state index contributed by atoms with van der Waals surface area (Å²) in [5.41, 5.74) is 1.57. The summed E-state index contributed by atoms with van der Waals surface area (Å²) < 4.78 is 50.6. The van der Waals surface area contributed by atoms with Gasteiger partial charge in [-0.05, 0) is 126 Å². The second kappa shape index (κ2) is 23.5. The van der Waals surface area contributed by atoms with Gasteiger partial charge >= 0.3 is 11.9 Å². The SMILES string of the molecule is CC1=CC[C@@H]2C[C@@H](C[C@]3(CC[C@H](C)[C@@H](C)O3)O2)OC(=O)[C@@H]2C=C(C)[C@@H](O)[C@H]3OC/C(=C\C=C\[C@H](C)C1)[C@]32O.CC[C@H]1O[C@]2(CC[C@@H]1C)C[C@@H]1C[C@@H](CC=C(C)C[C@@H](C)/C=C/C=C3\CO[C@@H]4[C@H](O)C(C)=C[C@@H](C(=O)O1)[C@]34O)O2. The van der Waals surface area contributed by atoms with E-state index in [1.807, 2.05) is 24.3 Å². The van der Waals surface area contributed by atoms with Crippen LogP contribution in [0.5, 0.6) is 0 Å². The third-order valence-electron chi connectivity index (χ3n) is 18.8. The minimum atomic E-state index is -1.68. The molecule has 14 heteroatoms. The highest BCUT2D eigenvalue weighted by Gasteiger charge is 2.62. The first kappa shape index (κ1) is 58.1. The molecule has 8 heterocycles. The van der Waals surface area contributed by atoms with Gasteiger partial charge in [0, 0.05) is 38.5 Å². The standard InChI is InChI=1S/C32H46O7.C31H44O7/c1-6-27-21(4)12-13-31(39-27)17-25-16-24(38-31)11-10-20(3)14-19(2)8-7-9-23-18-36-29-28(33)22(5)15-26(30(34)37-25)32(23,29)35;1-18-7-6-8-23-17-35-28-27(32)21(4)14-26(31(23,28)34)29(33)36-25-15-24(10-9-19(2)13-18)38-30(16-25)12-11-20(3)22(5)37-30/h7-10,15,19,21,24-29,33,35H,6,11-14,16-18H2,1-5H3;6-9,14,18,20,22,24-28,32,34H,10-13,15-17H2,1-5H3/b8-7+,20-10?,23-9+;7-6+,19-9?,23-8+/t19-,21-,24+,25-,26-,27+,28+,29+,31+,32+;18-,20-,22+,24+,25-,26-,27+,28+,30-,31+/m00/s1. The first-order chi connectivity index (χ1) is 36.5. The Balaban J connectivity index is 0.000000188. The molecule has 20 atom stereocenters. The van der Waals surface area contributed by atoms with Crippen LogP contribution in [0.15, 0.2) is 94.2 Å². The molecular weight excluding hydrogens is 981 g/mol. The Kier molecular flexibility index (Phi) is 17.7. The summed E-state index contributed by atoms with van der Waals surface area (Å²) in [4.78, 5) is 27.7. The molecule has 8 aliphatic heterocycles. The molecule has 0 aromatic rings. The highest BCUT2D eigenvalue weighted by atomic mass is 16.7. The lowest BCUT2D eigenvalue weighted by Crippen LogP contribution is -2.58. The normalized spacial score (nSPS) is 47.8. The fourth-order valence-electron chi connectivity index (χ4n) is 14.1. The van der Waals surface area contributed by atoms with Crippen LogP contribution >= 0.6 is 0 Å². The molecule has 6 saturated heterocycles. The van der Waals surface area contributed by atoms with E-state index in [1.165, 1.54) is 11.1 Å². The van der Waals surface area contributed by atoms with Crippen LogP contribution < -0.4 is 0 Å². The highest BCUT2D eigenvalue weighted by molar-refractivity contribution is 5.79. The Morgan fingerprint density at radius 1 is 0.597 bits per heavy atom. The first-order valence-corrected chi connectivity index (χ1v) is 29.1. The van der Waals surface area contributed by atoms with E-state index in [9.17, 15) is 30.0 Å². The van der Waals surface area contributed by atoms with Crippen molar-refractivity contribution in [3.05, 3.63) is 94.2 Å². The van der Waals surface area contributed by atoms with E-state index in [0.717, 1.165) is 57.8 Å². The number of allylic oxidation sites excluding steroid dienone is 8. The van der Waals surface area contributed by atoms with Crippen molar-refractivity contribution in [2.75, 3.05) is 13.2 Å². The maximum Gasteiger partial charge on any atom is 0.316 e. The molecular formula is C63H90O14. The minimum absolute atomic E-state index is 0.0526. The molecule has 0 aromatic heterocycles. The topological polar surface area (TPSA) is 189 Å². The van der Waals surface area contributed by atoms with Gasteiger partial charge in [-0.3, -0.25) is 9.59 Å². The van der Waals surface area contributed by atoms with Crippen LogP contribution in [0, 0.1) is 35.5 Å². The zero-order chi connectivity index (χ0) is 55.2. The predicted octanol–water partition coefficient (Wildman–Crippen LogP) is 9.46. The van der Waals surface area contributed by atoms with Crippen LogP contribution in [-0.2, 0) is 47.5 Å². The van der Waals surface area contributed by atoms with Crippen molar-refractivity contribution >= 4 is 11.9 Å². The predicted molar refractivity (Wildman–Crippen MR) is 291 cm³/mol. The van der Waals surface area contributed by atoms with E-state index >= 15 is 0 Å². The van der Waals surface area contributed by atoms with Crippen molar-refractivity contribution in [3.63, 3.8) is 0 Å². The molecule has 10 rings (SSSR count).